The molecule has 27 heavy (non-hydrogen) atoms. The fourth-order valence-electron chi connectivity index (χ4n) is 2.76. The molecule has 1 heterocycles. The van der Waals surface area contributed by atoms with Crippen LogP contribution in [0.4, 0.5) is 0 Å². The lowest BCUT2D eigenvalue weighted by Crippen LogP contribution is -2.31. The molecule has 0 saturated carbocycles. The van der Waals surface area contributed by atoms with Gasteiger partial charge in [-0.25, -0.2) is 4.79 Å². The average molecular weight is 427 g/mol. The van der Waals surface area contributed by atoms with Gasteiger partial charge < -0.3 is 9.64 Å². The molecule has 6 heteroatoms. The highest BCUT2D eigenvalue weighted by atomic mass is 79.9. The molecule has 0 spiro atoms. The number of aromatic nitrogens is 1. The minimum atomic E-state index is -0.528. The van der Waals surface area contributed by atoms with E-state index in [0.29, 0.717) is 17.5 Å². The summed E-state index contributed by atoms with van der Waals surface area (Å²) in [5, 5.41) is 0.710. The molecule has 5 nitrogen and oxygen atoms in total. The number of likely N-dealkylation sites (N-methyl/N-ethyl adjacent to an activating group) is 1. The maximum atomic E-state index is 12.5. The zero-order valence-corrected chi connectivity index (χ0v) is 16.7. The number of amides is 1. The molecule has 0 aliphatic heterocycles. The van der Waals surface area contributed by atoms with Crippen molar-refractivity contribution in [2.24, 2.45) is 0 Å². The first kappa shape index (κ1) is 19.0. The molecule has 0 radical (unpaired) electrons. The van der Waals surface area contributed by atoms with E-state index in [1.54, 1.807) is 13.1 Å². The molecule has 3 aromatic rings. The van der Waals surface area contributed by atoms with E-state index in [9.17, 15) is 9.59 Å². The fraction of sp³-hybridized carbons (Fsp3) is 0.190. The van der Waals surface area contributed by atoms with Crippen molar-refractivity contribution in [1.82, 2.24) is 9.88 Å². The van der Waals surface area contributed by atoms with Gasteiger partial charge in [0.1, 0.15) is 0 Å². The predicted molar refractivity (Wildman–Crippen MR) is 107 cm³/mol. The van der Waals surface area contributed by atoms with Crippen LogP contribution in [0.1, 0.15) is 21.6 Å². The van der Waals surface area contributed by atoms with Crippen molar-refractivity contribution >= 4 is 38.7 Å². The summed E-state index contributed by atoms with van der Waals surface area (Å²) in [7, 11) is 1.68. The molecule has 0 unspecified atom stereocenters. The summed E-state index contributed by atoms with van der Waals surface area (Å²) >= 11 is 3.47. The fourth-order valence-corrected chi connectivity index (χ4v) is 3.17. The normalized spacial score (nSPS) is 10.6. The van der Waals surface area contributed by atoms with E-state index >= 15 is 0 Å². The van der Waals surface area contributed by atoms with Crippen LogP contribution in [0.2, 0.25) is 0 Å². The van der Waals surface area contributed by atoms with E-state index in [-0.39, 0.29) is 12.5 Å². The van der Waals surface area contributed by atoms with Gasteiger partial charge in [-0.1, -0.05) is 52.3 Å². The summed E-state index contributed by atoms with van der Waals surface area (Å²) in [6.45, 7) is 1.93. The Morgan fingerprint density at radius 1 is 1.11 bits per heavy atom. The summed E-state index contributed by atoms with van der Waals surface area (Å²) in [6.07, 6.45) is 0. The van der Waals surface area contributed by atoms with Gasteiger partial charge in [0, 0.05) is 29.1 Å². The minimum absolute atomic E-state index is 0.269. The number of nitrogens with zero attached hydrogens (tertiary/aromatic N) is 2. The van der Waals surface area contributed by atoms with Crippen LogP contribution in [-0.2, 0) is 16.1 Å². The number of hydrogen-bond acceptors (Lipinski definition) is 4. The van der Waals surface area contributed by atoms with Crippen molar-refractivity contribution in [1.29, 1.82) is 0 Å². The first-order chi connectivity index (χ1) is 13.0. The number of esters is 1. The van der Waals surface area contributed by atoms with Gasteiger partial charge >= 0.3 is 5.97 Å². The number of para-hydroxylation sites is 1. The van der Waals surface area contributed by atoms with Crippen molar-refractivity contribution in [3.8, 4) is 0 Å². The number of benzene rings is 2. The number of hydrogen-bond donors (Lipinski definition) is 0. The van der Waals surface area contributed by atoms with Gasteiger partial charge in [0.05, 0.1) is 11.1 Å². The molecule has 138 valence electrons. The lowest BCUT2D eigenvalue weighted by atomic mass is 10.1. The summed E-state index contributed by atoms with van der Waals surface area (Å²) in [6, 6.07) is 16.7. The Hall–Kier alpha value is -2.73. The van der Waals surface area contributed by atoms with Crippen LogP contribution < -0.4 is 0 Å². The lowest BCUT2D eigenvalue weighted by molar-refractivity contribution is -0.133. The van der Waals surface area contributed by atoms with Crippen molar-refractivity contribution < 1.29 is 14.3 Å². The number of halogens is 1. The highest BCUT2D eigenvalue weighted by Crippen LogP contribution is 2.20. The molecule has 0 bridgehead atoms. The molecule has 0 N–H and O–H groups in total. The molecule has 3 rings (SSSR count). The second-order valence-corrected chi connectivity index (χ2v) is 7.10. The van der Waals surface area contributed by atoms with E-state index in [4.69, 9.17) is 4.74 Å². The van der Waals surface area contributed by atoms with E-state index in [1.807, 2.05) is 55.5 Å². The van der Waals surface area contributed by atoms with E-state index < -0.39 is 5.97 Å². The molecular formula is C21H19BrN2O3. The molecule has 2 aromatic carbocycles. The van der Waals surface area contributed by atoms with E-state index in [0.717, 1.165) is 21.2 Å². The highest BCUT2D eigenvalue weighted by Gasteiger charge is 2.17. The third kappa shape index (κ3) is 4.52. The lowest BCUT2D eigenvalue weighted by Gasteiger charge is -2.18. The predicted octanol–water partition coefficient (Wildman–Crippen LogP) is 4.12. The first-order valence-electron chi connectivity index (χ1n) is 8.46. The van der Waals surface area contributed by atoms with Gasteiger partial charge in [-0.2, -0.15) is 0 Å². The molecule has 0 saturated heterocycles. The standard InChI is InChI=1S/C21H19BrN2O3/c1-14-11-17(16-8-4-6-10-19(16)23-14)21(26)27-13-20(25)24(2)12-15-7-3-5-9-18(15)22/h3-11H,12-13H2,1-2H3. The topological polar surface area (TPSA) is 59.5 Å². The second kappa shape index (κ2) is 8.31. The number of ether oxygens (including phenoxy) is 1. The Morgan fingerprint density at radius 2 is 1.81 bits per heavy atom. The summed E-state index contributed by atoms with van der Waals surface area (Å²) in [5.74, 6) is -0.798. The number of fused-ring (bicyclic) bond motifs is 1. The smallest absolute Gasteiger partial charge is 0.339 e. The minimum Gasteiger partial charge on any atom is -0.452 e. The van der Waals surface area contributed by atoms with Crippen LogP contribution >= 0.6 is 15.9 Å². The molecule has 0 atom stereocenters. The largest absolute Gasteiger partial charge is 0.452 e. The van der Waals surface area contributed by atoms with Crippen molar-refractivity contribution in [2.45, 2.75) is 13.5 Å². The van der Waals surface area contributed by atoms with Crippen LogP contribution in [0.3, 0.4) is 0 Å². The number of pyridine rings is 1. The van der Waals surface area contributed by atoms with Gasteiger partial charge in [0.2, 0.25) is 0 Å². The van der Waals surface area contributed by atoms with Gasteiger partial charge in [-0.05, 0) is 30.7 Å². The Morgan fingerprint density at radius 3 is 2.59 bits per heavy atom. The number of rotatable bonds is 5. The summed E-state index contributed by atoms with van der Waals surface area (Å²) in [4.78, 5) is 30.8. The molecule has 0 aliphatic rings. The Balaban J connectivity index is 1.67. The second-order valence-electron chi connectivity index (χ2n) is 6.25. The molecule has 1 amide bonds. The van der Waals surface area contributed by atoms with Gasteiger partial charge in [-0.3, -0.25) is 9.78 Å². The molecular weight excluding hydrogens is 408 g/mol. The van der Waals surface area contributed by atoms with Gasteiger partial charge in [0.15, 0.2) is 6.61 Å². The number of carbonyl (C=O) groups excluding carboxylic acids is 2. The Labute approximate surface area is 166 Å². The third-order valence-corrected chi connectivity index (χ3v) is 4.96. The van der Waals surface area contributed by atoms with Crippen molar-refractivity contribution in [3.63, 3.8) is 0 Å². The molecule has 0 aliphatic carbocycles. The molecule has 1 aromatic heterocycles. The van der Waals surface area contributed by atoms with Crippen LogP contribution in [0.15, 0.2) is 59.1 Å². The maximum Gasteiger partial charge on any atom is 0.339 e. The zero-order chi connectivity index (χ0) is 19.4. The quantitative estimate of drug-likeness (QED) is 0.575. The first-order valence-corrected chi connectivity index (χ1v) is 9.26. The maximum absolute atomic E-state index is 12.5. The Kier molecular flexibility index (Phi) is 5.86. The van der Waals surface area contributed by atoms with Crippen LogP contribution in [0.25, 0.3) is 10.9 Å². The zero-order valence-electron chi connectivity index (χ0n) is 15.1. The highest BCUT2D eigenvalue weighted by molar-refractivity contribution is 9.10. The monoisotopic (exact) mass is 426 g/mol. The number of aryl methyl sites for hydroxylation is 1. The van der Waals surface area contributed by atoms with E-state index in [2.05, 4.69) is 20.9 Å². The summed E-state index contributed by atoms with van der Waals surface area (Å²) < 4.78 is 6.20. The third-order valence-electron chi connectivity index (χ3n) is 4.18. The van der Waals surface area contributed by atoms with Gasteiger partial charge in [0.25, 0.3) is 5.91 Å². The summed E-state index contributed by atoms with van der Waals surface area (Å²) in [5.41, 5.74) is 2.84. The SMILES string of the molecule is Cc1cc(C(=O)OCC(=O)N(C)Cc2ccccc2Br)c2ccccc2n1. The van der Waals surface area contributed by atoms with Crippen molar-refractivity contribution in [2.75, 3.05) is 13.7 Å². The van der Waals surface area contributed by atoms with Crippen LogP contribution in [0, 0.1) is 6.92 Å². The molecule has 0 fully saturated rings. The van der Waals surface area contributed by atoms with E-state index in [1.165, 1.54) is 4.90 Å². The average Bonchev–Trinajstić information content (AvgIpc) is 2.66. The van der Waals surface area contributed by atoms with Crippen molar-refractivity contribution in [3.05, 3.63) is 75.9 Å². The number of carbonyl (C=O) groups is 2. The van der Waals surface area contributed by atoms with Crippen LogP contribution in [0.5, 0.6) is 0 Å². The Bertz CT molecular complexity index is 1000. The van der Waals surface area contributed by atoms with Gasteiger partial charge in [-0.15, -0.1) is 0 Å². The van der Waals surface area contributed by atoms with Crippen LogP contribution in [-0.4, -0.2) is 35.4 Å².